The van der Waals surface area contributed by atoms with Crippen LogP contribution in [0.5, 0.6) is 5.75 Å². The molecular weight excluding hydrogens is 364 g/mol. The van der Waals surface area contributed by atoms with Gasteiger partial charge in [0.05, 0.1) is 12.8 Å². The maximum Gasteiger partial charge on any atom is 0.343 e. The van der Waals surface area contributed by atoms with Crippen molar-refractivity contribution in [2.75, 3.05) is 12.3 Å². The van der Waals surface area contributed by atoms with Crippen LogP contribution in [0.1, 0.15) is 22.8 Å². The number of nitriles is 1. The number of nitrogens with zero attached hydrogens (tertiary/aromatic N) is 5. The molecule has 2 aromatic heterocycles. The smallest absolute Gasteiger partial charge is 0.343 e. The first-order valence-corrected chi connectivity index (χ1v) is 8.21. The number of nitrogens with two attached hydrogens (primary N) is 1. The number of ether oxygens (including phenoxy) is 1. The first kappa shape index (κ1) is 18.7. The van der Waals surface area contributed by atoms with Gasteiger partial charge in [-0.2, -0.15) is 15.0 Å². The summed E-state index contributed by atoms with van der Waals surface area (Å²) >= 11 is 0. The quantitative estimate of drug-likeness (QED) is 0.636. The Morgan fingerprint density at radius 1 is 1.39 bits per heavy atom. The third-order valence-electron chi connectivity index (χ3n) is 4.03. The Labute approximate surface area is 159 Å². The second-order valence-electron chi connectivity index (χ2n) is 5.70. The van der Waals surface area contributed by atoms with Gasteiger partial charge in [0.2, 0.25) is 5.95 Å². The molecule has 0 aliphatic carbocycles. The lowest BCUT2D eigenvalue weighted by Gasteiger charge is -2.13. The van der Waals surface area contributed by atoms with Crippen LogP contribution in [-0.4, -0.2) is 37.0 Å². The van der Waals surface area contributed by atoms with Crippen molar-refractivity contribution in [1.29, 1.82) is 5.26 Å². The van der Waals surface area contributed by atoms with E-state index in [1.54, 1.807) is 19.1 Å². The zero-order chi connectivity index (χ0) is 20.4. The standard InChI is InChI=1S/C18H16N6O4/c1-3-28-17(27)12-9-21-24(15(12)20)18-22-14(10-6-4-5-7-13(10)25)11(8-19)16(26)23(18)2/h4-7,9,25H,3,20H2,1-2H3. The molecule has 1 aromatic carbocycles. The van der Waals surface area contributed by atoms with Gasteiger partial charge in [0.15, 0.2) is 0 Å². The molecule has 3 aromatic rings. The minimum absolute atomic E-state index is 0.0181. The Morgan fingerprint density at radius 2 is 2.11 bits per heavy atom. The van der Waals surface area contributed by atoms with Crippen molar-refractivity contribution in [2.24, 2.45) is 7.05 Å². The van der Waals surface area contributed by atoms with Crippen molar-refractivity contribution in [3.8, 4) is 29.0 Å². The van der Waals surface area contributed by atoms with Crippen LogP contribution in [0.3, 0.4) is 0 Å². The second-order valence-corrected chi connectivity index (χ2v) is 5.70. The van der Waals surface area contributed by atoms with Gasteiger partial charge in [-0.05, 0) is 19.1 Å². The Balaban J connectivity index is 2.28. The van der Waals surface area contributed by atoms with Crippen molar-refractivity contribution in [3.63, 3.8) is 0 Å². The fourth-order valence-electron chi connectivity index (χ4n) is 2.63. The second kappa shape index (κ2) is 7.24. The first-order valence-electron chi connectivity index (χ1n) is 8.21. The molecule has 0 bridgehead atoms. The number of esters is 1. The van der Waals surface area contributed by atoms with E-state index >= 15 is 0 Å². The summed E-state index contributed by atoms with van der Waals surface area (Å²) in [6, 6.07) is 8.00. The van der Waals surface area contributed by atoms with Crippen LogP contribution < -0.4 is 11.3 Å². The summed E-state index contributed by atoms with van der Waals surface area (Å²) in [4.78, 5) is 29.0. The zero-order valence-corrected chi connectivity index (χ0v) is 15.1. The van der Waals surface area contributed by atoms with Gasteiger partial charge in [-0.25, -0.2) is 9.78 Å². The van der Waals surface area contributed by atoms with E-state index in [1.165, 1.54) is 25.4 Å². The molecule has 0 fully saturated rings. The van der Waals surface area contributed by atoms with Crippen molar-refractivity contribution in [3.05, 3.63) is 51.9 Å². The molecule has 2 heterocycles. The molecule has 0 radical (unpaired) electrons. The molecule has 0 spiro atoms. The molecule has 0 unspecified atom stereocenters. The molecule has 0 saturated heterocycles. The first-order chi connectivity index (χ1) is 13.4. The van der Waals surface area contributed by atoms with Crippen molar-refractivity contribution in [2.45, 2.75) is 6.92 Å². The number of phenols is 1. The number of carbonyl (C=O) groups is 1. The zero-order valence-electron chi connectivity index (χ0n) is 15.1. The molecule has 0 aliphatic heterocycles. The van der Waals surface area contributed by atoms with Gasteiger partial charge in [-0.1, -0.05) is 12.1 Å². The molecule has 142 valence electrons. The lowest BCUT2D eigenvalue weighted by molar-refractivity contribution is 0.0527. The van der Waals surface area contributed by atoms with E-state index in [1.807, 2.05) is 6.07 Å². The minimum Gasteiger partial charge on any atom is -0.507 e. The highest BCUT2D eigenvalue weighted by atomic mass is 16.5. The normalized spacial score (nSPS) is 10.5. The van der Waals surface area contributed by atoms with E-state index < -0.39 is 11.5 Å². The van der Waals surface area contributed by atoms with Crippen LogP contribution in [0.25, 0.3) is 17.2 Å². The molecule has 28 heavy (non-hydrogen) atoms. The van der Waals surface area contributed by atoms with Crippen LogP contribution in [0.2, 0.25) is 0 Å². The molecule has 3 rings (SSSR count). The Kier molecular flexibility index (Phi) is 4.82. The molecular formula is C18H16N6O4. The van der Waals surface area contributed by atoms with Gasteiger partial charge >= 0.3 is 5.97 Å². The molecule has 0 aliphatic rings. The number of phenolic OH excluding ortho intramolecular Hbond substituents is 1. The number of aromatic hydroxyl groups is 1. The van der Waals surface area contributed by atoms with Gasteiger partial charge in [-0.15, -0.1) is 0 Å². The van der Waals surface area contributed by atoms with Crippen LogP contribution in [0.15, 0.2) is 35.3 Å². The number of aromatic nitrogens is 4. The van der Waals surface area contributed by atoms with Crippen LogP contribution in [-0.2, 0) is 11.8 Å². The third kappa shape index (κ3) is 2.95. The molecule has 10 heteroatoms. The number of hydrogen-bond acceptors (Lipinski definition) is 8. The average Bonchev–Trinajstić information content (AvgIpc) is 3.06. The summed E-state index contributed by atoms with van der Waals surface area (Å²) in [5, 5.41) is 23.6. The minimum atomic E-state index is -0.661. The van der Waals surface area contributed by atoms with Gasteiger partial charge in [0, 0.05) is 12.6 Å². The highest BCUT2D eigenvalue weighted by Gasteiger charge is 2.23. The van der Waals surface area contributed by atoms with Crippen molar-refractivity contribution in [1.82, 2.24) is 19.3 Å². The third-order valence-corrected chi connectivity index (χ3v) is 4.03. The summed E-state index contributed by atoms with van der Waals surface area (Å²) < 4.78 is 7.10. The predicted octanol–water partition coefficient (Wildman–Crippen LogP) is 0.969. The lowest BCUT2D eigenvalue weighted by atomic mass is 10.1. The summed E-state index contributed by atoms with van der Waals surface area (Å²) in [6.07, 6.45) is 1.21. The van der Waals surface area contributed by atoms with Gasteiger partial charge in [0.1, 0.15) is 34.5 Å². The van der Waals surface area contributed by atoms with Gasteiger partial charge in [0.25, 0.3) is 5.56 Å². The number of benzene rings is 1. The Bertz CT molecular complexity index is 1170. The molecule has 0 saturated carbocycles. The Hall–Kier alpha value is -4.13. The van der Waals surface area contributed by atoms with E-state index in [2.05, 4.69) is 10.1 Å². The van der Waals surface area contributed by atoms with Gasteiger partial charge < -0.3 is 15.6 Å². The number of anilines is 1. The summed E-state index contributed by atoms with van der Waals surface area (Å²) in [5.41, 5.74) is 5.30. The fraction of sp³-hybridized carbons (Fsp3) is 0.167. The topological polar surface area (TPSA) is 149 Å². The summed E-state index contributed by atoms with van der Waals surface area (Å²) in [6.45, 7) is 1.82. The monoisotopic (exact) mass is 380 g/mol. The van der Waals surface area contributed by atoms with E-state index in [9.17, 15) is 20.0 Å². The highest BCUT2D eigenvalue weighted by molar-refractivity contribution is 5.94. The SMILES string of the molecule is CCOC(=O)c1cnn(-c2nc(-c3ccccc3O)c(C#N)c(=O)n2C)c1N. The maximum atomic E-state index is 12.7. The summed E-state index contributed by atoms with van der Waals surface area (Å²) in [7, 11) is 1.39. The van der Waals surface area contributed by atoms with E-state index in [-0.39, 0.29) is 46.5 Å². The number of nitrogen functional groups attached to an aromatic ring is 1. The maximum absolute atomic E-state index is 12.7. The van der Waals surface area contributed by atoms with Crippen LogP contribution >= 0.6 is 0 Å². The predicted molar refractivity (Wildman–Crippen MR) is 98.8 cm³/mol. The summed E-state index contributed by atoms with van der Waals surface area (Å²) in [5.74, 6) is -0.915. The number of hydrogen-bond donors (Lipinski definition) is 2. The van der Waals surface area contributed by atoms with Crippen LogP contribution in [0, 0.1) is 11.3 Å². The molecule has 10 nitrogen and oxygen atoms in total. The lowest BCUT2D eigenvalue weighted by Crippen LogP contribution is -2.27. The van der Waals surface area contributed by atoms with Crippen molar-refractivity contribution < 1.29 is 14.6 Å². The van der Waals surface area contributed by atoms with Crippen LogP contribution in [0.4, 0.5) is 5.82 Å². The molecule has 0 amide bonds. The van der Waals surface area contributed by atoms with E-state index in [4.69, 9.17) is 10.5 Å². The Morgan fingerprint density at radius 3 is 2.75 bits per heavy atom. The highest BCUT2D eigenvalue weighted by Crippen LogP contribution is 2.29. The van der Waals surface area contributed by atoms with Crippen molar-refractivity contribution >= 4 is 11.8 Å². The van der Waals surface area contributed by atoms with E-state index in [0.717, 1.165) is 9.25 Å². The average molecular weight is 380 g/mol. The van der Waals surface area contributed by atoms with E-state index in [0.29, 0.717) is 0 Å². The molecule has 0 atom stereocenters. The number of rotatable bonds is 4. The van der Waals surface area contributed by atoms with Gasteiger partial charge in [-0.3, -0.25) is 9.36 Å². The number of para-hydroxylation sites is 1. The largest absolute Gasteiger partial charge is 0.507 e. The number of carbonyl (C=O) groups excluding carboxylic acids is 1. The fourth-order valence-corrected chi connectivity index (χ4v) is 2.63. The molecule has 3 N–H and O–H groups in total.